The Labute approximate surface area is 197 Å². The largest absolute Gasteiger partial charge is 0.352 e. The monoisotopic (exact) mass is 470 g/mol. The number of anilines is 1. The van der Waals surface area contributed by atoms with Gasteiger partial charge < -0.3 is 10.2 Å². The van der Waals surface area contributed by atoms with Gasteiger partial charge in [-0.15, -0.1) is 6.58 Å². The van der Waals surface area contributed by atoms with Gasteiger partial charge in [0.1, 0.15) is 11.9 Å². The molecule has 1 aliphatic rings. The second-order valence-electron chi connectivity index (χ2n) is 8.92. The molecule has 3 rings (SSSR count). The molecule has 1 fully saturated rings. The van der Waals surface area contributed by atoms with E-state index in [-0.39, 0.29) is 28.8 Å². The van der Waals surface area contributed by atoms with E-state index in [1.165, 1.54) is 12.6 Å². The van der Waals surface area contributed by atoms with Crippen molar-refractivity contribution in [2.75, 3.05) is 11.4 Å². The summed E-state index contributed by atoms with van der Waals surface area (Å²) >= 11 is 0. The zero-order valence-corrected chi connectivity index (χ0v) is 20.3. The second kappa shape index (κ2) is 11.4. The van der Waals surface area contributed by atoms with Crippen LogP contribution in [0.15, 0.2) is 60.4 Å². The normalized spacial score (nSPS) is 15.7. The maximum atomic E-state index is 13.3. The number of amides is 1. The topological polar surface area (TPSA) is 92.3 Å². The molecule has 1 aromatic carbocycles. The lowest BCUT2D eigenvalue weighted by molar-refractivity contribution is -0.124. The standard InChI is InChI=1S/C25H34N4O3S/c1-4-17-29(23(19(2)3)24(30)27-21-13-9-6-10-14-21)22-15-16-26-25(28-22)33(31,32)18-20-11-7-5-8-12-20/h4-5,7-8,11-12,15-16,19,21,23H,1,6,9-10,13-14,17-18H2,2-3H3,(H,27,30). The van der Waals surface area contributed by atoms with Crippen molar-refractivity contribution in [1.82, 2.24) is 15.3 Å². The van der Waals surface area contributed by atoms with Gasteiger partial charge in [-0.05, 0) is 30.4 Å². The summed E-state index contributed by atoms with van der Waals surface area (Å²) in [4.78, 5) is 23.6. The number of carbonyl (C=O) groups excluding carboxylic acids is 1. The third-order valence-electron chi connectivity index (χ3n) is 5.90. The first-order chi connectivity index (χ1) is 15.8. The number of hydrogen-bond acceptors (Lipinski definition) is 6. The number of sulfone groups is 1. The van der Waals surface area contributed by atoms with Crippen LogP contribution in [0.2, 0.25) is 0 Å². The van der Waals surface area contributed by atoms with Gasteiger partial charge in [0.05, 0.1) is 5.75 Å². The number of benzene rings is 1. The van der Waals surface area contributed by atoms with E-state index in [0.29, 0.717) is 17.9 Å². The second-order valence-corrected chi connectivity index (χ2v) is 10.8. The van der Waals surface area contributed by atoms with Gasteiger partial charge in [0.25, 0.3) is 0 Å². The lowest BCUT2D eigenvalue weighted by Crippen LogP contribution is -2.53. The number of nitrogens with zero attached hydrogens (tertiary/aromatic N) is 3. The SMILES string of the molecule is C=CCN(c1ccnc(S(=O)(=O)Cc2ccccc2)n1)C(C(=O)NC1CCCCC1)C(C)C. The summed E-state index contributed by atoms with van der Waals surface area (Å²) in [5.74, 6) is 0.127. The summed E-state index contributed by atoms with van der Waals surface area (Å²) in [6, 6.07) is 10.3. The number of hydrogen-bond donors (Lipinski definition) is 1. The van der Waals surface area contributed by atoms with Crippen molar-refractivity contribution in [1.29, 1.82) is 0 Å². The molecule has 1 heterocycles. The molecule has 178 valence electrons. The molecule has 0 bridgehead atoms. The molecule has 1 aromatic heterocycles. The molecule has 1 saturated carbocycles. The van der Waals surface area contributed by atoms with Gasteiger partial charge in [-0.3, -0.25) is 4.79 Å². The van der Waals surface area contributed by atoms with Crippen molar-refractivity contribution in [3.05, 3.63) is 60.8 Å². The predicted molar refractivity (Wildman–Crippen MR) is 131 cm³/mol. The zero-order chi connectivity index (χ0) is 23.8. The Morgan fingerprint density at radius 2 is 1.88 bits per heavy atom. The van der Waals surface area contributed by atoms with Crippen molar-refractivity contribution in [3.8, 4) is 0 Å². The van der Waals surface area contributed by atoms with Crippen LogP contribution in [0, 0.1) is 5.92 Å². The maximum Gasteiger partial charge on any atom is 0.249 e. The number of aromatic nitrogens is 2. The minimum Gasteiger partial charge on any atom is -0.352 e. The first kappa shape index (κ1) is 24.9. The zero-order valence-electron chi connectivity index (χ0n) is 19.5. The van der Waals surface area contributed by atoms with E-state index in [9.17, 15) is 13.2 Å². The maximum absolute atomic E-state index is 13.3. The first-order valence-corrected chi connectivity index (χ1v) is 13.2. The lowest BCUT2D eigenvalue weighted by Gasteiger charge is -2.35. The summed E-state index contributed by atoms with van der Waals surface area (Å²) in [5.41, 5.74) is 0.668. The first-order valence-electron chi connectivity index (χ1n) is 11.6. The Morgan fingerprint density at radius 1 is 1.18 bits per heavy atom. The molecule has 1 atom stereocenters. The Balaban J connectivity index is 1.88. The van der Waals surface area contributed by atoms with Gasteiger partial charge >= 0.3 is 0 Å². The molecule has 0 saturated heterocycles. The number of nitrogens with one attached hydrogen (secondary N) is 1. The minimum atomic E-state index is -3.75. The molecular weight excluding hydrogens is 436 g/mol. The van der Waals surface area contributed by atoms with Crippen LogP contribution in [0.1, 0.15) is 51.5 Å². The minimum absolute atomic E-state index is 0.0205. The van der Waals surface area contributed by atoms with Gasteiger partial charge in [0.15, 0.2) is 0 Å². The average molecular weight is 471 g/mol. The fourth-order valence-electron chi connectivity index (χ4n) is 4.33. The Morgan fingerprint density at radius 3 is 2.52 bits per heavy atom. The highest BCUT2D eigenvalue weighted by Crippen LogP contribution is 2.23. The molecule has 1 N–H and O–H groups in total. The van der Waals surface area contributed by atoms with Crippen molar-refractivity contribution in [2.45, 2.75) is 68.9 Å². The third-order valence-corrected chi connectivity index (χ3v) is 7.37. The number of rotatable bonds is 10. The summed E-state index contributed by atoms with van der Waals surface area (Å²) in [6.07, 6.45) is 8.59. The van der Waals surface area contributed by atoms with Crippen LogP contribution in [-0.4, -0.2) is 42.9 Å². The van der Waals surface area contributed by atoms with Crippen LogP contribution < -0.4 is 10.2 Å². The fourth-order valence-corrected chi connectivity index (χ4v) is 5.54. The Bertz CT molecular complexity index is 1030. The van der Waals surface area contributed by atoms with E-state index in [0.717, 1.165) is 25.7 Å². The van der Waals surface area contributed by atoms with Crippen molar-refractivity contribution >= 4 is 21.6 Å². The highest BCUT2D eigenvalue weighted by Gasteiger charge is 2.32. The van der Waals surface area contributed by atoms with Crippen LogP contribution >= 0.6 is 0 Å². The van der Waals surface area contributed by atoms with E-state index >= 15 is 0 Å². The highest BCUT2D eigenvalue weighted by molar-refractivity contribution is 7.90. The van der Waals surface area contributed by atoms with Crippen LogP contribution in [0.4, 0.5) is 5.82 Å². The van der Waals surface area contributed by atoms with Crippen LogP contribution in [0.3, 0.4) is 0 Å². The van der Waals surface area contributed by atoms with Crippen molar-refractivity contribution in [3.63, 3.8) is 0 Å². The Hall–Kier alpha value is -2.74. The van der Waals surface area contributed by atoms with Crippen molar-refractivity contribution in [2.24, 2.45) is 5.92 Å². The van der Waals surface area contributed by atoms with E-state index in [4.69, 9.17) is 0 Å². The fraction of sp³-hybridized carbons (Fsp3) is 0.480. The van der Waals surface area contributed by atoms with Crippen LogP contribution in [0.5, 0.6) is 0 Å². The molecule has 1 aliphatic carbocycles. The summed E-state index contributed by atoms with van der Waals surface area (Å²) < 4.78 is 26.0. The van der Waals surface area contributed by atoms with Gasteiger partial charge in [-0.1, -0.05) is 69.5 Å². The molecule has 33 heavy (non-hydrogen) atoms. The van der Waals surface area contributed by atoms with Gasteiger partial charge in [-0.2, -0.15) is 0 Å². The molecule has 7 nitrogen and oxygen atoms in total. The predicted octanol–water partition coefficient (Wildman–Crippen LogP) is 3.92. The van der Waals surface area contributed by atoms with Crippen molar-refractivity contribution < 1.29 is 13.2 Å². The highest BCUT2D eigenvalue weighted by atomic mass is 32.2. The molecule has 8 heteroatoms. The summed E-state index contributed by atoms with van der Waals surface area (Å²) in [6.45, 7) is 8.16. The molecule has 1 unspecified atom stereocenters. The summed E-state index contributed by atoms with van der Waals surface area (Å²) in [7, 11) is -3.75. The van der Waals surface area contributed by atoms with E-state index < -0.39 is 15.9 Å². The molecule has 1 amide bonds. The average Bonchev–Trinajstić information content (AvgIpc) is 2.79. The molecular formula is C25H34N4O3S. The molecule has 0 aliphatic heterocycles. The molecule has 0 spiro atoms. The molecule has 2 aromatic rings. The lowest BCUT2D eigenvalue weighted by atomic mass is 9.94. The summed E-state index contributed by atoms with van der Waals surface area (Å²) in [5, 5.41) is 2.97. The van der Waals surface area contributed by atoms with Gasteiger partial charge in [0, 0.05) is 18.8 Å². The van der Waals surface area contributed by atoms with E-state index in [2.05, 4.69) is 21.9 Å². The third kappa shape index (κ3) is 6.63. The quantitative estimate of drug-likeness (QED) is 0.418. The van der Waals surface area contributed by atoms with Crippen LogP contribution in [0.25, 0.3) is 0 Å². The van der Waals surface area contributed by atoms with Crippen LogP contribution in [-0.2, 0) is 20.4 Å². The van der Waals surface area contributed by atoms with Gasteiger partial charge in [0.2, 0.25) is 20.9 Å². The Kier molecular flexibility index (Phi) is 8.61. The van der Waals surface area contributed by atoms with Gasteiger partial charge in [-0.25, -0.2) is 18.4 Å². The number of carbonyl (C=O) groups is 1. The smallest absolute Gasteiger partial charge is 0.249 e. The molecule has 0 radical (unpaired) electrons. The van der Waals surface area contributed by atoms with E-state index in [1.807, 2.05) is 24.8 Å². The van der Waals surface area contributed by atoms with E-state index in [1.54, 1.807) is 36.4 Å².